The Balaban J connectivity index is 2.25. The molecular weight excluding hydrogens is 273 g/mol. The quantitative estimate of drug-likeness (QED) is 0.926. The van der Waals surface area contributed by atoms with Gasteiger partial charge in [-0.25, -0.2) is 4.98 Å². The third-order valence-corrected chi connectivity index (χ3v) is 3.09. The lowest BCUT2D eigenvalue weighted by atomic mass is 10.2. The largest absolute Gasteiger partial charge is 0.438 e. The number of aliphatic hydroxyl groups excluding tert-OH is 1. The molecule has 0 atom stereocenters. The summed E-state index contributed by atoms with van der Waals surface area (Å²) in [7, 11) is 0. The highest BCUT2D eigenvalue weighted by molar-refractivity contribution is 6.32. The summed E-state index contributed by atoms with van der Waals surface area (Å²) in [6.45, 7) is 1.78. The molecule has 1 heterocycles. The van der Waals surface area contributed by atoms with E-state index in [-0.39, 0.29) is 6.61 Å². The zero-order valence-electron chi connectivity index (χ0n) is 9.65. The highest BCUT2D eigenvalue weighted by Gasteiger charge is 2.07. The average Bonchev–Trinajstić information content (AvgIpc) is 2.36. The lowest BCUT2D eigenvalue weighted by Crippen LogP contribution is -1.92. The smallest absolute Gasteiger partial charge is 0.238 e. The Morgan fingerprint density at radius 1 is 1.22 bits per heavy atom. The van der Waals surface area contributed by atoms with Gasteiger partial charge in [-0.1, -0.05) is 23.2 Å². The molecule has 0 aliphatic rings. The molecule has 5 heteroatoms. The number of aromatic nitrogens is 1. The maximum Gasteiger partial charge on any atom is 0.238 e. The monoisotopic (exact) mass is 283 g/mol. The van der Waals surface area contributed by atoms with Crippen LogP contribution >= 0.6 is 23.2 Å². The van der Waals surface area contributed by atoms with Gasteiger partial charge in [0.05, 0.1) is 6.61 Å². The highest BCUT2D eigenvalue weighted by atomic mass is 35.5. The van der Waals surface area contributed by atoms with Gasteiger partial charge in [-0.3, -0.25) is 0 Å². The van der Waals surface area contributed by atoms with Crippen molar-refractivity contribution in [3.63, 3.8) is 0 Å². The summed E-state index contributed by atoms with van der Waals surface area (Å²) in [6, 6.07) is 6.92. The standard InChI is InChI=1S/C13H11Cl2NO2/c1-8-4-10(2-3-11(8)14)18-13-12(15)5-9(7-17)6-16-13/h2-6,17H,7H2,1H3. The first-order valence-electron chi connectivity index (χ1n) is 5.29. The lowest BCUT2D eigenvalue weighted by Gasteiger charge is -2.08. The van der Waals surface area contributed by atoms with Gasteiger partial charge in [0.2, 0.25) is 5.88 Å². The van der Waals surface area contributed by atoms with E-state index < -0.39 is 0 Å². The van der Waals surface area contributed by atoms with Crippen molar-refractivity contribution >= 4 is 23.2 Å². The normalized spacial score (nSPS) is 10.4. The van der Waals surface area contributed by atoms with Crippen molar-refractivity contribution in [1.29, 1.82) is 0 Å². The van der Waals surface area contributed by atoms with E-state index in [0.29, 0.717) is 27.2 Å². The second kappa shape index (κ2) is 5.57. The summed E-state index contributed by atoms with van der Waals surface area (Å²) >= 11 is 11.9. The summed E-state index contributed by atoms with van der Waals surface area (Å²) in [5.41, 5.74) is 1.55. The fourth-order valence-electron chi connectivity index (χ4n) is 1.42. The van der Waals surface area contributed by atoms with Gasteiger partial charge in [0.15, 0.2) is 0 Å². The molecule has 0 radical (unpaired) electrons. The number of benzene rings is 1. The van der Waals surface area contributed by atoms with Gasteiger partial charge in [-0.05, 0) is 42.3 Å². The number of hydrogen-bond donors (Lipinski definition) is 1. The molecule has 1 N–H and O–H groups in total. The van der Waals surface area contributed by atoms with Gasteiger partial charge < -0.3 is 9.84 Å². The van der Waals surface area contributed by atoms with Crippen LogP contribution in [-0.4, -0.2) is 10.1 Å². The number of nitrogens with zero attached hydrogens (tertiary/aromatic N) is 1. The number of halogens is 2. The topological polar surface area (TPSA) is 42.4 Å². The van der Waals surface area contributed by atoms with Crippen LogP contribution in [0.2, 0.25) is 10.0 Å². The molecule has 2 aromatic rings. The molecule has 0 spiro atoms. The zero-order chi connectivity index (χ0) is 13.1. The Labute approximate surface area is 115 Å². The van der Waals surface area contributed by atoms with E-state index in [9.17, 15) is 0 Å². The molecule has 2 rings (SSSR count). The van der Waals surface area contributed by atoms with Gasteiger partial charge in [0.1, 0.15) is 10.8 Å². The van der Waals surface area contributed by atoms with Crippen molar-refractivity contribution in [1.82, 2.24) is 4.98 Å². The number of aryl methyl sites for hydroxylation is 1. The Hall–Kier alpha value is -1.29. The van der Waals surface area contributed by atoms with E-state index >= 15 is 0 Å². The number of hydrogen-bond acceptors (Lipinski definition) is 3. The van der Waals surface area contributed by atoms with Crippen LogP contribution < -0.4 is 4.74 Å². The summed E-state index contributed by atoms with van der Waals surface area (Å²) in [5.74, 6) is 0.915. The number of pyridine rings is 1. The second-order valence-electron chi connectivity index (χ2n) is 3.80. The van der Waals surface area contributed by atoms with Crippen molar-refractivity contribution in [3.8, 4) is 11.6 Å². The van der Waals surface area contributed by atoms with Crippen molar-refractivity contribution in [2.24, 2.45) is 0 Å². The van der Waals surface area contributed by atoms with E-state index in [1.807, 2.05) is 6.92 Å². The second-order valence-corrected chi connectivity index (χ2v) is 4.62. The minimum absolute atomic E-state index is 0.104. The first-order chi connectivity index (χ1) is 8.60. The Kier molecular flexibility index (Phi) is 4.07. The van der Waals surface area contributed by atoms with Crippen LogP contribution in [0.25, 0.3) is 0 Å². The zero-order valence-corrected chi connectivity index (χ0v) is 11.2. The fourth-order valence-corrected chi connectivity index (χ4v) is 1.76. The van der Waals surface area contributed by atoms with Gasteiger partial charge in [0, 0.05) is 11.2 Å². The molecule has 18 heavy (non-hydrogen) atoms. The molecule has 0 aliphatic carbocycles. The van der Waals surface area contributed by atoms with Crippen LogP contribution in [0.3, 0.4) is 0 Å². The predicted octanol–water partition coefficient (Wildman–Crippen LogP) is 3.98. The molecule has 3 nitrogen and oxygen atoms in total. The molecule has 0 unspecified atom stereocenters. The SMILES string of the molecule is Cc1cc(Oc2ncc(CO)cc2Cl)ccc1Cl. The molecule has 0 saturated carbocycles. The highest BCUT2D eigenvalue weighted by Crippen LogP contribution is 2.29. The van der Waals surface area contributed by atoms with E-state index in [4.69, 9.17) is 33.0 Å². The molecule has 94 valence electrons. The van der Waals surface area contributed by atoms with E-state index in [1.54, 1.807) is 24.3 Å². The Bertz CT molecular complexity index is 573. The van der Waals surface area contributed by atoms with Crippen LogP contribution in [0.1, 0.15) is 11.1 Å². The van der Waals surface area contributed by atoms with Gasteiger partial charge in [0.25, 0.3) is 0 Å². The first-order valence-corrected chi connectivity index (χ1v) is 6.05. The minimum Gasteiger partial charge on any atom is -0.438 e. The van der Waals surface area contributed by atoms with Crippen LogP contribution in [0.5, 0.6) is 11.6 Å². The third-order valence-electron chi connectivity index (χ3n) is 2.39. The van der Waals surface area contributed by atoms with Crippen LogP contribution in [-0.2, 0) is 6.61 Å². The van der Waals surface area contributed by atoms with Crippen molar-refractivity contribution in [3.05, 3.63) is 51.6 Å². The van der Waals surface area contributed by atoms with E-state index in [2.05, 4.69) is 4.98 Å². The van der Waals surface area contributed by atoms with Crippen molar-refractivity contribution < 1.29 is 9.84 Å². The third kappa shape index (κ3) is 2.93. The summed E-state index contributed by atoms with van der Waals surface area (Å²) in [5, 5.41) is 9.99. The van der Waals surface area contributed by atoms with Gasteiger partial charge >= 0.3 is 0 Å². The number of rotatable bonds is 3. The summed E-state index contributed by atoms with van der Waals surface area (Å²) in [4.78, 5) is 4.05. The molecule has 0 saturated heterocycles. The first kappa shape index (κ1) is 13.1. The van der Waals surface area contributed by atoms with E-state index in [1.165, 1.54) is 6.20 Å². The molecule has 0 bridgehead atoms. The average molecular weight is 284 g/mol. The molecule has 0 fully saturated rings. The fraction of sp³-hybridized carbons (Fsp3) is 0.154. The molecule has 0 aliphatic heterocycles. The Morgan fingerprint density at radius 3 is 2.61 bits per heavy atom. The number of aliphatic hydroxyl groups is 1. The number of ether oxygens (including phenoxy) is 1. The lowest BCUT2D eigenvalue weighted by molar-refractivity contribution is 0.281. The predicted molar refractivity (Wildman–Crippen MR) is 71.4 cm³/mol. The minimum atomic E-state index is -0.104. The van der Waals surface area contributed by atoms with Gasteiger partial charge in [-0.2, -0.15) is 0 Å². The molecule has 0 amide bonds. The van der Waals surface area contributed by atoms with Crippen molar-refractivity contribution in [2.75, 3.05) is 0 Å². The van der Waals surface area contributed by atoms with Crippen LogP contribution in [0.15, 0.2) is 30.5 Å². The van der Waals surface area contributed by atoms with Gasteiger partial charge in [-0.15, -0.1) is 0 Å². The summed E-state index contributed by atoms with van der Waals surface area (Å²) < 4.78 is 5.56. The Morgan fingerprint density at radius 2 is 2.00 bits per heavy atom. The van der Waals surface area contributed by atoms with Crippen molar-refractivity contribution in [2.45, 2.75) is 13.5 Å². The maximum absolute atomic E-state index is 8.96. The molecular formula is C13H11Cl2NO2. The van der Waals surface area contributed by atoms with E-state index in [0.717, 1.165) is 5.56 Å². The van der Waals surface area contributed by atoms with Crippen LogP contribution in [0, 0.1) is 6.92 Å². The summed E-state index contributed by atoms with van der Waals surface area (Å²) in [6.07, 6.45) is 1.52. The van der Waals surface area contributed by atoms with Crippen LogP contribution in [0.4, 0.5) is 0 Å². The molecule has 1 aromatic carbocycles. The maximum atomic E-state index is 8.96. The molecule has 1 aromatic heterocycles.